The Morgan fingerprint density at radius 1 is 1.15 bits per heavy atom. The van der Waals surface area contributed by atoms with E-state index in [9.17, 15) is 9.59 Å². The lowest BCUT2D eigenvalue weighted by Crippen LogP contribution is -2.49. The van der Waals surface area contributed by atoms with Gasteiger partial charge in [0.05, 0.1) is 15.2 Å². The largest absolute Gasteiger partial charge is 0.341 e. The lowest BCUT2D eigenvalue weighted by atomic mass is 9.97. The molecule has 1 atom stereocenters. The minimum Gasteiger partial charge on any atom is -0.341 e. The summed E-state index contributed by atoms with van der Waals surface area (Å²) in [5.41, 5.74) is 1.08. The minimum atomic E-state index is -0.233. The highest BCUT2D eigenvalue weighted by Crippen LogP contribution is 2.34. The van der Waals surface area contributed by atoms with E-state index >= 15 is 0 Å². The molecule has 0 N–H and O–H groups in total. The summed E-state index contributed by atoms with van der Waals surface area (Å²) in [5.74, 6) is 0.727. The highest BCUT2D eigenvalue weighted by molar-refractivity contribution is 7.18. The van der Waals surface area contributed by atoms with Crippen LogP contribution in [0.15, 0.2) is 24.3 Å². The average molecular weight is 386 g/mol. The lowest BCUT2D eigenvalue weighted by Gasteiger charge is -2.35. The van der Waals surface area contributed by atoms with Crippen molar-refractivity contribution >= 4 is 33.4 Å². The van der Waals surface area contributed by atoms with Crippen molar-refractivity contribution in [1.29, 1.82) is 0 Å². The summed E-state index contributed by atoms with van der Waals surface area (Å²) in [7, 11) is 0. The fraction of sp³-hybridized carbons (Fsp3) is 0.571. The number of hydrogen-bond acceptors (Lipinski definition) is 4. The van der Waals surface area contributed by atoms with Gasteiger partial charge >= 0.3 is 0 Å². The number of aromatic nitrogens is 1. The number of nitrogens with zero attached hydrogens (tertiary/aromatic N) is 3. The van der Waals surface area contributed by atoms with Gasteiger partial charge < -0.3 is 9.80 Å². The van der Waals surface area contributed by atoms with Crippen LogP contribution in [0.4, 0.5) is 0 Å². The SMILES string of the molecule is CCCC(=O)N1CCCC1C(=O)N1CCC(c2nc3ccccc3s2)CC1. The van der Waals surface area contributed by atoms with Gasteiger partial charge in [-0.3, -0.25) is 9.59 Å². The molecule has 1 aromatic heterocycles. The van der Waals surface area contributed by atoms with Gasteiger partial charge in [0.15, 0.2) is 0 Å². The standard InChI is InChI=1S/C21H27N3O2S/c1-2-6-19(25)24-12-5-8-17(24)21(26)23-13-10-15(11-14-23)20-22-16-7-3-4-9-18(16)27-20/h3-4,7,9,15,17H,2,5-6,8,10-14H2,1H3. The quantitative estimate of drug-likeness (QED) is 0.804. The van der Waals surface area contributed by atoms with Crippen molar-refractivity contribution in [1.82, 2.24) is 14.8 Å². The third kappa shape index (κ3) is 3.72. The number of thiazole rings is 1. The van der Waals surface area contributed by atoms with Gasteiger partial charge in [0.1, 0.15) is 6.04 Å². The first kappa shape index (κ1) is 18.4. The molecular formula is C21H27N3O2S. The number of carbonyl (C=O) groups excluding carboxylic acids is 2. The maximum Gasteiger partial charge on any atom is 0.245 e. The average Bonchev–Trinajstić information content (AvgIpc) is 3.35. The molecule has 0 saturated carbocycles. The lowest BCUT2D eigenvalue weighted by molar-refractivity contribution is -0.144. The molecule has 6 heteroatoms. The van der Waals surface area contributed by atoms with E-state index in [0.717, 1.165) is 57.3 Å². The van der Waals surface area contributed by atoms with Gasteiger partial charge in [0.25, 0.3) is 0 Å². The molecule has 2 fully saturated rings. The summed E-state index contributed by atoms with van der Waals surface area (Å²) in [6, 6.07) is 8.04. The number of fused-ring (bicyclic) bond motifs is 1. The van der Waals surface area contributed by atoms with Crippen LogP contribution in [-0.4, -0.2) is 52.3 Å². The van der Waals surface area contributed by atoms with Crippen molar-refractivity contribution in [2.75, 3.05) is 19.6 Å². The van der Waals surface area contributed by atoms with E-state index in [-0.39, 0.29) is 17.9 Å². The van der Waals surface area contributed by atoms with E-state index in [4.69, 9.17) is 4.98 Å². The summed E-state index contributed by atoms with van der Waals surface area (Å²) < 4.78 is 1.24. The number of likely N-dealkylation sites (tertiary alicyclic amines) is 2. The molecule has 1 unspecified atom stereocenters. The third-order valence-corrected chi connectivity index (χ3v) is 6.99. The van der Waals surface area contributed by atoms with E-state index in [1.165, 1.54) is 9.71 Å². The Labute approximate surface area is 164 Å². The summed E-state index contributed by atoms with van der Waals surface area (Å²) in [6.07, 6.45) is 5.05. The molecule has 0 bridgehead atoms. The van der Waals surface area contributed by atoms with Crippen LogP contribution < -0.4 is 0 Å². The number of hydrogen-bond donors (Lipinski definition) is 0. The number of para-hydroxylation sites is 1. The number of amides is 2. The smallest absolute Gasteiger partial charge is 0.245 e. The molecule has 1 aromatic carbocycles. The van der Waals surface area contributed by atoms with E-state index in [2.05, 4.69) is 18.2 Å². The van der Waals surface area contributed by atoms with Gasteiger partial charge in [-0.25, -0.2) is 4.98 Å². The van der Waals surface area contributed by atoms with Crippen LogP contribution in [0.1, 0.15) is 56.4 Å². The molecule has 2 aliphatic rings. The number of carbonyl (C=O) groups is 2. The molecule has 2 aliphatic heterocycles. The van der Waals surface area contributed by atoms with Crippen molar-refractivity contribution in [3.8, 4) is 0 Å². The second kappa shape index (κ2) is 7.97. The normalized spacial score (nSPS) is 21.1. The summed E-state index contributed by atoms with van der Waals surface area (Å²) in [6.45, 7) is 4.28. The Kier molecular flexibility index (Phi) is 5.43. The summed E-state index contributed by atoms with van der Waals surface area (Å²) in [4.78, 5) is 33.9. The van der Waals surface area contributed by atoms with Crippen LogP contribution in [0.25, 0.3) is 10.2 Å². The topological polar surface area (TPSA) is 53.5 Å². The summed E-state index contributed by atoms with van der Waals surface area (Å²) in [5, 5.41) is 1.20. The molecule has 5 nitrogen and oxygen atoms in total. The Balaban J connectivity index is 1.38. The van der Waals surface area contributed by atoms with Gasteiger partial charge in [0, 0.05) is 32.0 Å². The molecule has 2 aromatic rings. The van der Waals surface area contributed by atoms with E-state index in [1.54, 1.807) is 11.3 Å². The van der Waals surface area contributed by atoms with Crippen molar-refractivity contribution in [3.63, 3.8) is 0 Å². The molecule has 144 valence electrons. The maximum absolute atomic E-state index is 13.0. The first-order valence-electron chi connectivity index (χ1n) is 10.1. The van der Waals surface area contributed by atoms with Gasteiger partial charge in [-0.15, -0.1) is 11.3 Å². The van der Waals surface area contributed by atoms with Crippen LogP contribution in [0.5, 0.6) is 0 Å². The second-order valence-corrected chi connectivity index (χ2v) is 8.68. The number of benzene rings is 1. The molecule has 27 heavy (non-hydrogen) atoms. The van der Waals surface area contributed by atoms with Crippen LogP contribution in [0, 0.1) is 0 Å². The van der Waals surface area contributed by atoms with Crippen molar-refractivity contribution in [2.45, 2.75) is 57.4 Å². The summed E-state index contributed by atoms with van der Waals surface area (Å²) >= 11 is 1.78. The first-order chi connectivity index (χ1) is 13.2. The maximum atomic E-state index is 13.0. The number of rotatable bonds is 4. The van der Waals surface area contributed by atoms with Crippen LogP contribution in [0.2, 0.25) is 0 Å². The van der Waals surface area contributed by atoms with Crippen LogP contribution in [-0.2, 0) is 9.59 Å². The van der Waals surface area contributed by atoms with Crippen LogP contribution >= 0.6 is 11.3 Å². The fourth-order valence-corrected chi connectivity index (χ4v) is 5.44. The molecule has 3 heterocycles. The zero-order chi connectivity index (χ0) is 18.8. The second-order valence-electron chi connectivity index (χ2n) is 7.61. The van der Waals surface area contributed by atoms with Crippen molar-refractivity contribution in [2.24, 2.45) is 0 Å². The molecule has 4 rings (SSSR count). The predicted octanol–water partition coefficient (Wildman–Crippen LogP) is 3.79. The molecule has 0 spiro atoms. The molecule has 0 radical (unpaired) electrons. The number of piperidine rings is 1. The zero-order valence-electron chi connectivity index (χ0n) is 15.9. The Hall–Kier alpha value is -1.95. The van der Waals surface area contributed by atoms with E-state index in [1.807, 2.05) is 22.8 Å². The van der Waals surface area contributed by atoms with E-state index in [0.29, 0.717) is 12.3 Å². The Morgan fingerprint density at radius 2 is 1.93 bits per heavy atom. The third-order valence-electron chi connectivity index (χ3n) is 5.79. The van der Waals surface area contributed by atoms with Gasteiger partial charge in [-0.05, 0) is 44.2 Å². The fourth-order valence-electron chi connectivity index (χ4n) is 4.30. The van der Waals surface area contributed by atoms with Gasteiger partial charge in [0.2, 0.25) is 11.8 Å². The zero-order valence-corrected chi connectivity index (χ0v) is 16.7. The van der Waals surface area contributed by atoms with Crippen molar-refractivity contribution in [3.05, 3.63) is 29.3 Å². The van der Waals surface area contributed by atoms with Gasteiger partial charge in [-0.1, -0.05) is 19.1 Å². The predicted molar refractivity (Wildman–Crippen MR) is 108 cm³/mol. The molecular weight excluding hydrogens is 358 g/mol. The minimum absolute atomic E-state index is 0.137. The molecule has 2 amide bonds. The van der Waals surface area contributed by atoms with Crippen LogP contribution in [0.3, 0.4) is 0 Å². The van der Waals surface area contributed by atoms with Gasteiger partial charge in [-0.2, -0.15) is 0 Å². The monoisotopic (exact) mass is 385 g/mol. The Morgan fingerprint density at radius 3 is 2.67 bits per heavy atom. The molecule has 0 aliphatic carbocycles. The molecule has 2 saturated heterocycles. The Bertz CT molecular complexity index is 793. The first-order valence-corrected chi connectivity index (χ1v) is 10.9. The van der Waals surface area contributed by atoms with E-state index < -0.39 is 0 Å². The highest BCUT2D eigenvalue weighted by atomic mass is 32.1. The highest BCUT2D eigenvalue weighted by Gasteiger charge is 2.37. The van der Waals surface area contributed by atoms with Crippen molar-refractivity contribution < 1.29 is 9.59 Å².